The SMILES string of the molecule is O=C(Nc1ccc2c3c(cccc13)CC2)c1cccc(-n2cnnn2)c1. The lowest BCUT2D eigenvalue weighted by molar-refractivity contribution is 0.102. The van der Waals surface area contributed by atoms with Crippen LogP contribution in [0, 0.1) is 0 Å². The first-order valence-electron chi connectivity index (χ1n) is 8.48. The molecule has 3 aromatic carbocycles. The molecule has 26 heavy (non-hydrogen) atoms. The van der Waals surface area contributed by atoms with E-state index in [0.717, 1.165) is 29.6 Å². The van der Waals surface area contributed by atoms with E-state index in [-0.39, 0.29) is 5.91 Å². The molecule has 1 aliphatic rings. The highest BCUT2D eigenvalue weighted by Crippen LogP contribution is 2.35. The number of benzene rings is 3. The summed E-state index contributed by atoms with van der Waals surface area (Å²) >= 11 is 0. The number of hydrogen-bond acceptors (Lipinski definition) is 4. The van der Waals surface area contributed by atoms with Gasteiger partial charge in [-0.2, -0.15) is 0 Å². The molecule has 0 saturated carbocycles. The van der Waals surface area contributed by atoms with Gasteiger partial charge in [0.15, 0.2) is 0 Å². The van der Waals surface area contributed by atoms with Crippen LogP contribution in [0.3, 0.4) is 0 Å². The summed E-state index contributed by atoms with van der Waals surface area (Å²) < 4.78 is 1.52. The van der Waals surface area contributed by atoms with Gasteiger partial charge in [0.05, 0.1) is 5.69 Å². The highest BCUT2D eigenvalue weighted by molar-refractivity contribution is 6.10. The first kappa shape index (κ1) is 14.8. The van der Waals surface area contributed by atoms with E-state index in [0.29, 0.717) is 5.56 Å². The number of aromatic nitrogens is 4. The second-order valence-corrected chi connectivity index (χ2v) is 6.37. The van der Waals surface area contributed by atoms with Crippen LogP contribution in [0.5, 0.6) is 0 Å². The molecule has 6 heteroatoms. The van der Waals surface area contributed by atoms with Gasteiger partial charge >= 0.3 is 0 Å². The van der Waals surface area contributed by atoms with E-state index in [1.807, 2.05) is 18.2 Å². The molecule has 0 fully saturated rings. The van der Waals surface area contributed by atoms with Crippen LogP contribution >= 0.6 is 0 Å². The Balaban J connectivity index is 1.50. The zero-order chi connectivity index (χ0) is 17.5. The van der Waals surface area contributed by atoms with Gasteiger partial charge in [0.1, 0.15) is 6.33 Å². The first-order valence-corrected chi connectivity index (χ1v) is 8.48. The van der Waals surface area contributed by atoms with Gasteiger partial charge in [-0.3, -0.25) is 4.79 Å². The van der Waals surface area contributed by atoms with Gasteiger partial charge in [-0.1, -0.05) is 30.3 Å². The van der Waals surface area contributed by atoms with Crippen LogP contribution in [-0.2, 0) is 12.8 Å². The highest BCUT2D eigenvalue weighted by Gasteiger charge is 2.17. The molecule has 0 saturated heterocycles. The molecular formula is C20H15N5O. The molecule has 0 unspecified atom stereocenters. The number of anilines is 1. The Morgan fingerprint density at radius 3 is 2.69 bits per heavy atom. The fraction of sp³-hybridized carbons (Fsp3) is 0.100. The maximum Gasteiger partial charge on any atom is 0.255 e. The van der Waals surface area contributed by atoms with E-state index >= 15 is 0 Å². The largest absolute Gasteiger partial charge is 0.321 e. The van der Waals surface area contributed by atoms with Crippen molar-refractivity contribution in [2.24, 2.45) is 0 Å². The molecular weight excluding hydrogens is 326 g/mol. The second-order valence-electron chi connectivity index (χ2n) is 6.37. The number of aryl methyl sites for hydroxylation is 2. The third-order valence-electron chi connectivity index (χ3n) is 4.85. The molecule has 0 bridgehead atoms. The van der Waals surface area contributed by atoms with Crippen molar-refractivity contribution in [3.63, 3.8) is 0 Å². The third kappa shape index (κ3) is 2.35. The van der Waals surface area contributed by atoms with Crippen LogP contribution in [0.4, 0.5) is 5.69 Å². The van der Waals surface area contributed by atoms with Crippen LogP contribution in [0.1, 0.15) is 21.5 Å². The number of nitrogens with one attached hydrogen (secondary N) is 1. The molecule has 0 spiro atoms. The Morgan fingerprint density at radius 2 is 1.85 bits per heavy atom. The van der Waals surface area contributed by atoms with Crippen molar-refractivity contribution in [1.82, 2.24) is 20.2 Å². The van der Waals surface area contributed by atoms with Gasteiger partial charge in [-0.25, -0.2) is 4.68 Å². The van der Waals surface area contributed by atoms with Gasteiger partial charge in [-0.05, 0) is 64.0 Å². The molecule has 1 aromatic heterocycles. The van der Waals surface area contributed by atoms with E-state index in [1.165, 1.54) is 27.5 Å². The van der Waals surface area contributed by atoms with Gasteiger partial charge in [0.25, 0.3) is 5.91 Å². The minimum absolute atomic E-state index is 0.154. The number of nitrogens with zero attached hydrogens (tertiary/aromatic N) is 4. The number of tetrazole rings is 1. The second kappa shape index (κ2) is 5.77. The number of carbonyl (C=O) groups excluding carboxylic acids is 1. The topological polar surface area (TPSA) is 72.7 Å². The Morgan fingerprint density at radius 1 is 1.00 bits per heavy atom. The van der Waals surface area contributed by atoms with Crippen molar-refractivity contribution in [3.8, 4) is 5.69 Å². The van der Waals surface area contributed by atoms with Crippen LogP contribution in [0.25, 0.3) is 16.5 Å². The Labute approximate surface area is 149 Å². The molecule has 1 aliphatic carbocycles. The summed E-state index contributed by atoms with van der Waals surface area (Å²) in [6, 6.07) is 17.6. The quantitative estimate of drug-likeness (QED) is 0.621. The van der Waals surface area contributed by atoms with Crippen molar-refractivity contribution in [1.29, 1.82) is 0 Å². The third-order valence-corrected chi connectivity index (χ3v) is 4.85. The standard InChI is InChI=1S/C20H15N5O/c26-20(15-4-1-5-16(11-15)25-12-21-23-24-25)22-18-10-9-14-8-7-13-3-2-6-17(18)19(13)14/h1-6,9-12H,7-8H2,(H,22,26). The predicted molar refractivity (Wildman–Crippen MR) is 98.5 cm³/mol. The van der Waals surface area contributed by atoms with Gasteiger partial charge in [0.2, 0.25) is 0 Å². The van der Waals surface area contributed by atoms with Gasteiger partial charge in [-0.15, -0.1) is 5.10 Å². The minimum atomic E-state index is -0.154. The molecule has 6 nitrogen and oxygen atoms in total. The summed E-state index contributed by atoms with van der Waals surface area (Å²) in [4.78, 5) is 12.8. The molecule has 0 aliphatic heterocycles. The summed E-state index contributed by atoms with van der Waals surface area (Å²) in [6.07, 6.45) is 3.64. The average molecular weight is 341 g/mol. The zero-order valence-corrected chi connectivity index (χ0v) is 13.9. The molecule has 1 N–H and O–H groups in total. The monoisotopic (exact) mass is 341 g/mol. The number of hydrogen-bond donors (Lipinski definition) is 1. The smallest absolute Gasteiger partial charge is 0.255 e. The van der Waals surface area contributed by atoms with Crippen LogP contribution in [0.15, 0.2) is 60.9 Å². The summed E-state index contributed by atoms with van der Waals surface area (Å²) in [6.45, 7) is 0. The normalized spacial score (nSPS) is 12.5. The summed E-state index contributed by atoms with van der Waals surface area (Å²) in [5.41, 5.74) is 4.85. The molecule has 1 heterocycles. The fourth-order valence-corrected chi connectivity index (χ4v) is 3.62. The predicted octanol–water partition coefficient (Wildman–Crippen LogP) is 3.17. The lowest BCUT2D eigenvalue weighted by Gasteiger charge is -2.11. The average Bonchev–Trinajstić information content (AvgIpc) is 3.35. The van der Waals surface area contributed by atoms with Crippen molar-refractivity contribution < 1.29 is 4.79 Å². The lowest BCUT2D eigenvalue weighted by atomic mass is 10.0. The Hall–Kier alpha value is -3.54. The Bertz CT molecular complexity index is 1120. The number of amides is 1. The highest BCUT2D eigenvalue weighted by atomic mass is 16.1. The number of carbonyl (C=O) groups is 1. The van der Waals surface area contributed by atoms with Crippen molar-refractivity contribution >= 4 is 22.4 Å². The Kier molecular flexibility index (Phi) is 3.28. The number of rotatable bonds is 3. The van der Waals surface area contributed by atoms with E-state index in [1.54, 1.807) is 12.1 Å². The minimum Gasteiger partial charge on any atom is -0.321 e. The van der Waals surface area contributed by atoms with Crippen molar-refractivity contribution in [2.45, 2.75) is 12.8 Å². The first-order chi connectivity index (χ1) is 12.8. The summed E-state index contributed by atoms with van der Waals surface area (Å²) in [5, 5.41) is 16.6. The van der Waals surface area contributed by atoms with Crippen LogP contribution < -0.4 is 5.32 Å². The zero-order valence-electron chi connectivity index (χ0n) is 13.9. The van der Waals surface area contributed by atoms with Crippen LogP contribution in [0.2, 0.25) is 0 Å². The van der Waals surface area contributed by atoms with E-state index in [4.69, 9.17) is 0 Å². The van der Waals surface area contributed by atoms with E-state index < -0.39 is 0 Å². The molecule has 0 atom stereocenters. The maximum absolute atomic E-state index is 12.8. The van der Waals surface area contributed by atoms with E-state index in [9.17, 15) is 4.79 Å². The maximum atomic E-state index is 12.8. The van der Waals surface area contributed by atoms with Crippen molar-refractivity contribution in [2.75, 3.05) is 5.32 Å². The molecule has 126 valence electrons. The summed E-state index contributed by atoms with van der Waals surface area (Å²) in [7, 11) is 0. The summed E-state index contributed by atoms with van der Waals surface area (Å²) in [5.74, 6) is -0.154. The molecule has 1 amide bonds. The fourth-order valence-electron chi connectivity index (χ4n) is 3.62. The van der Waals surface area contributed by atoms with Crippen molar-refractivity contribution in [3.05, 3.63) is 77.6 Å². The van der Waals surface area contributed by atoms with E-state index in [2.05, 4.69) is 45.1 Å². The molecule has 4 aromatic rings. The van der Waals surface area contributed by atoms with Crippen LogP contribution in [-0.4, -0.2) is 26.1 Å². The van der Waals surface area contributed by atoms with Gasteiger partial charge < -0.3 is 5.32 Å². The lowest BCUT2D eigenvalue weighted by Crippen LogP contribution is -2.13. The molecule has 0 radical (unpaired) electrons. The molecule has 5 rings (SSSR count). The van der Waals surface area contributed by atoms with Gasteiger partial charge in [0, 0.05) is 16.6 Å².